The first-order chi connectivity index (χ1) is 16.6. The van der Waals surface area contributed by atoms with Crippen molar-refractivity contribution in [3.8, 4) is 17.1 Å². The topological polar surface area (TPSA) is 113 Å². The number of rotatable bonds is 6. The molecule has 35 heavy (non-hydrogen) atoms. The number of nitrogens with two attached hydrogens (primary N) is 1. The van der Waals surface area contributed by atoms with Gasteiger partial charge in [0.05, 0.1) is 17.1 Å². The van der Waals surface area contributed by atoms with Gasteiger partial charge in [-0.15, -0.1) is 10.2 Å². The number of nitrogens with zero attached hydrogens (tertiary/aromatic N) is 5. The SMILES string of the molecule is Cc1c(NC(=O)CSc2nnc(-c3ccc(C(C)(C)C)cc3)n2N)c(=O)n(-c2ccccc2)n1C. The van der Waals surface area contributed by atoms with Gasteiger partial charge >= 0.3 is 0 Å². The first-order valence-electron chi connectivity index (χ1n) is 11.2. The number of nitrogens with one attached hydrogen (secondary N) is 1. The zero-order valence-electron chi connectivity index (χ0n) is 20.4. The molecule has 2 heterocycles. The molecule has 4 rings (SSSR count). The Balaban J connectivity index is 1.46. The highest BCUT2D eigenvalue weighted by molar-refractivity contribution is 7.99. The van der Waals surface area contributed by atoms with Gasteiger partial charge in [0.1, 0.15) is 5.69 Å². The second kappa shape index (κ2) is 9.46. The maximum atomic E-state index is 13.0. The molecule has 3 N–H and O–H groups in total. The lowest BCUT2D eigenvalue weighted by atomic mass is 9.87. The van der Waals surface area contributed by atoms with Crippen LogP contribution >= 0.6 is 11.8 Å². The summed E-state index contributed by atoms with van der Waals surface area (Å²) in [5.74, 6) is 6.42. The number of carbonyl (C=O) groups is 1. The molecule has 0 saturated heterocycles. The molecule has 0 aliphatic carbocycles. The predicted octanol–water partition coefficient (Wildman–Crippen LogP) is 3.49. The molecule has 0 bridgehead atoms. The summed E-state index contributed by atoms with van der Waals surface area (Å²) in [5.41, 5.74) is 3.42. The van der Waals surface area contributed by atoms with E-state index in [1.807, 2.05) is 42.5 Å². The van der Waals surface area contributed by atoms with Gasteiger partial charge in [-0.2, -0.15) is 0 Å². The van der Waals surface area contributed by atoms with Gasteiger partial charge in [-0.3, -0.25) is 14.3 Å². The minimum absolute atomic E-state index is 0.0252. The predicted molar refractivity (Wildman–Crippen MR) is 139 cm³/mol. The summed E-state index contributed by atoms with van der Waals surface area (Å²) in [6.07, 6.45) is 0. The fourth-order valence-corrected chi connectivity index (χ4v) is 4.37. The molecular weight excluding hydrogens is 462 g/mol. The van der Waals surface area contributed by atoms with Gasteiger partial charge in [0.25, 0.3) is 5.56 Å². The maximum Gasteiger partial charge on any atom is 0.295 e. The average molecular weight is 492 g/mol. The molecule has 2 aromatic heterocycles. The molecule has 4 aromatic rings. The highest BCUT2D eigenvalue weighted by Gasteiger charge is 2.20. The summed E-state index contributed by atoms with van der Waals surface area (Å²) < 4.78 is 4.61. The summed E-state index contributed by atoms with van der Waals surface area (Å²) >= 11 is 1.15. The number of carbonyl (C=O) groups excluding carboxylic acids is 1. The smallest absolute Gasteiger partial charge is 0.295 e. The Kier molecular flexibility index (Phi) is 6.58. The van der Waals surface area contributed by atoms with Crippen LogP contribution in [0.2, 0.25) is 0 Å². The molecule has 9 nitrogen and oxygen atoms in total. The number of nitrogen functional groups attached to an aromatic ring is 1. The van der Waals surface area contributed by atoms with Crippen LogP contribution in [0.25, 0.3) is 17.1 Å². The van der Waals surface area contributed by atoms with Gasteiger partial charge < -0.3 is 11.2 Å². The van der Waals surface area contributed by atoms with Gasteiger partial charge in [-0.05, 0) is 30.0 Å². The van der Waals surface area contributed by atoms with E-state index < -0.39 is 0 Å². The molecule has 2 aromatic carbocycles. The Morgan fingerprint density at radius 3 is 2.34 bits per heavy atom. The van der Waals surface area contributed by atoms with Crippen molar-refractivity contribution in [2.75, 3.05) is 16.9 Å². The average Bonchev–Trinajstić information content (AvgIpc) is 3.30. The molecule has 0 unspecified atom stereocenters. The molecule has 10 heteroatoms. The van der Waals surface area contributed by atoms with Crippen molar-refractivity contribution in [3.05, 3.63) is 76.2 Å². The Bertz CT molecular complexity index is 1410. The van der Waals surface area contributed by atoms with Crippen LogP contribution < -0.4 is 16.7 Å². The van der Waals surface area contributed by atoms with E-state index in [4.69, 9.17) is 5.84 Å². The first-order valence-corrected chi connectivity index (χ1v) is 12.1. The Morgan fingerprint density at radius 1 is 1.06 bits per heavy atom. The maximum absolute atomic E-state index is 13.0. The zero-order valence-corrected chi connectivity index (χ0v) is 21.3. The Hall–Kier alpha value is -3.79. The van der Waals surface area contributed by atoms with Crippen LogP contribution in [0.5, 0.6) is 0 Å². The van der Waals surface area contributed by atoms with Gasteiger partial charge in [0.2, 0.25) is 11.1 Å². The fraction of sp³-hybridized carbons (Fsp3) is 0.280. The van der Waals surface area contributed by atoms with Gasteiger partial charge in [-0.1, -0.05) is 75.0 Å². The van der Waals surface area contributed by atoms with Crippen molar-refractivity contribution in [1.29, 1.82) is 0 Å². The number of aromatic nitrogens is 5. The summed E-state index contributed by atoms with van der Waals surface area (Å²) in [7, 11) is 1.78. The number of hydrogen-bond acceptors (Lipinski definition) is 6. The van der Waals surface area contributed by atoms with Crippen molar-refractivity contribution in [3.63, 3.8) is 0 Å². The van der Waals surface area contributed by atoms with E-state index in [-0.39, 0.29) is 28.3 Å². The standard InChI is InChI=1S/C25H29N7O2S/c1-16-21(23(34)32(30(16)5)19-9-7-6-8-10-19)27-20(33)15-35-24-29-28-22(31(24)26)17-11-13-18(14-12-17)25(2,3)4/h6-14H,15,26H2,1-5H3,(H,27,33). The van der Waals surface area contributed by atoms with Crippen LogP contribution in [0.3, 0.4) is 0 Å². The second-order valence-electron chi connectivity index (χ2n) is 9.28. The van der Waals surface area contributed by atoms with Crippen molar-refractivity contribution in [2.24, 2.45) is 7.05 Å². The minimum Gasteiger partial charge on any atom is -0.335 e. The number of thioether (sulfide) groups is 1. The van der Waals surface area contributed by atoms with E-state index in [1.165, 1.54) is 14.9 Å². The van der Waals surface area contributed by atoms with Crippen LogP contribution in [0.15, 0.2) is 64.5 Å². The fourth-order valence-electron chi connectivity index (χ4n) is 3.71. The Labute approximate surface area is 207 Å². The van der Waals surface area contributed by atoms with E-state index in [0.717, 1.165) is 23.0 Å². The van der Waals surface area contributed by atoms with Gasteiger partial charge in [0.15, 0.2) is 5.82 Å². The van der Waals surface area contributed by atoms with E-state index in [9.17, 15) is 9.59 Å². The largest absolute Gasteiger partial charge is 0.335 e. The molecule has 0 aliphatic rings. The summed E-state index contributed by atoms with van der Waals surface area (Å²) in [6.45, 7) is 8.25. The van der Waals surface area contributed by atoms with Crippen LogP contribution in [0.4, 0.5) is 5.69 Å². The molecule has 182 valence electrons. The molecular formula is C25H29N7O2S. The van der Waals surface area contributed by atoms with Crippen molar-refractivity contribution in [2.45, 2.75) is 38.3 Å². The van der Waals surface area contributed by atoms with E-state index in [0.29, 0.717) is 16.7 Å². The number of para-hydroxylation sites is 1. The summed E-state index contributed by atoms with van der Waals surface area (Å²) in [4.78, 5) is 25.7. The zero-order chi connectivity index (χ0) is 25.3. The first kappa shape index (κ1) is 24.3. The van der Waals surface area contributed by atoms with Gasteiger partial charge in [-0.25, -0.2) is 9.36 Å². The third-order valence-electron chi connectivity index (χ3n) is 5.82. The molecule has 0 radical (unpaired) electrons. The van der Waals surface area contributed by atoms with E-state index in [1.54, 1.807) is 18.7 Å². The molecule has 0 fully saturated rings. The lowest BCUT2D eigenvalue weighted by Gasteiger charge is -2.19. The molecule has 0 atom stereocenters. The van der Waals surface area contributed by atoms with E-state index >= 15 is 0 Å². The molecule has 0 aliphatic heterocycles. The van der Waals surface area contributed by atoms with E-state index in [2.05, 4.69) is 48.4 Å². The van der Waals surface area contributed by atoms with Crippen molar-refractivity contribution >= 4 is 23.4 Å². The highest BCUT2D eigenvalue weighted by atomic mass is 32.2. The number of benzene rings is 2. The second-order valence-corrected chi connectivity index (χ2v) is 10.2. The number of amides is 1. The lowest BCUT2D eigenvalue weighted by Crippen LogP contribution is -2.23. The molecule has 1 amide bonds. The third-order valence-corrected chi connectivity index (χ3v) is 6.77. The van der Waals surface area contributed by atoms with Crippen molar-refractivity contribution < 1.29 is 4.79 Å². The lowest BCUT2D eigenvalue weighted by molar-refractivity contribution is -0.113. The van der Waals surface area contributed by atoms with Crippen molar-refractivity contribution in [1.82, 2.24) is 24.2 Å². The monoisotopic (exact) mass is 491 g/mol. The van der Waals surface area contributed by atoms with Crippen LogP contribution in [0, 0.1) is 6.92 Å². The van der Waals surface area contributed by atoms with Crippen LogP contribution in [-0.2, 0) is 17.3 Å². The normalized spacial score (nSPS) is 11.6. The number of anilines is 1. The Morgan fingerprint density at radius 2 is 1.71 bits per heavy atom. The highest BCUT2D eigenvalue weighted by Crippen LogP contribution is 2.26. The quantitative estimate of drug-likeness (QED) is 0.315. The third kappa shape index (κ3) is 4.88. The molecule has 0 saturated carbocycles. The van der Waals surface area contributed by atoms with Gasteiger partial charge in [0, 0.05) is 12.6 Å². The minimum atomic E-state index is -0.333. The number of hydrogen-bond donors (Lipinski definition) is 2. The van der Waals surface area contributed by atoms with Crippen LogP contribution in [-0.4, -0.2) is 35.9 Å². The summed E-state index contributed by atoms with van der Waals surface area (Å²) in [6, 6.07) is 17.3. The summed E-state index contributed by atoms with van der Waals surface area (Å²) in [5, 5.41) is 11.5. The van der Waals surface area contributed by atoms with Crippen LogP contribution in [0.1, 0.15) is 32.0 Å². The molecule has 0 spiro atoms.